The predicted molar refractivity (Wildman–Crippen MR) is 76.1 cm³/mol. The summed E-state index contributed by atoms with van der Waals surface area (Å²) in [6, 6.07) is 10.8. The van der Waals surface area contributed by atoms with Crippen LogP contribution in [0, 0.1) is 0 Å². The van der Waals surface area contributed by atoms with E-state index in [0.717, 1.165) is 17.7 Å². The normalized spacial score (nSPS) is 14.6. The highest BCUT2D eigenvalue weighted by molar-refractivity contribution is 7.92. The summed E-state index contributed by atoms with van der Waals surface area (Å²) in [5.41, 5.74) is 1.80. The van der Waals surface area contributed by atoms with Gasteiger partial charge in [-0.05, 0) is 37.2 Å². The highest BCUT2D eigenvalue weighted by Crippen LogP contribution is 2.33. The largest absolute Gasteiger partial charge is 0.446 e. The van der Waals surface area contributed by atoms with Gasteiger partial charge < -0.3 is 9.73 Å². The number of hydrogen-bond donors (Lipinski definition) is 1. The second-order valence-electron chi connectivity index (χ2n) is 4.71. The van der Waals surface area contributed by atoms with Crippen LogP contribution in [0.3, 0.4) is 0 Å². The smallest absolute Gasteiger partial charge is 0.297 e. The lowest BCUT2D eigenvalue weighted by atomic mass is 10.2. The van der Waals surface area contributed by atoms with Crippen molar-refractivity contribution in [2.45, 2.75) is 18.1 Å². The number of furan rings is 1. The molecule has 1 N–H and O–H groups in total. The van der Waals surface area contributed by atoms with E-state index in [2.05, 4.69) is 5.32 Å². The Morgan fingerprint density at radius 3 is 2.85 bits per heavy atom. The van der Waals surface area contributed by atoms with Gasteiger partial charge in [0.15, 0.2) is 0 Å². The van der Waals surface area contributed by atoms with Crippen molar-refractivity contribution >= 4 is 15.7 Å². The molecule has 0 unspecified atom stereocenters. The predicted octanol–water partition coefficient (Wildman–Crippen LogP) is 1.75. The third kappa shape index (κ3) is 2.10. The molecule has 106 valence electrons. The van der Waals surface area contributed by atoms with Crippen molar-refractivity contribution < 1.29 is 12.8 Å². The Morgan fingerprint density at radius 1 is 1.25 bits per heavy atom. The fourth-order valence-electron chi connectivity index (χ4n) is 2.43. The van der Waals surface area contributed by atoms with Gasteiger partial charge in [0.05, 0.1) is 12.2 Å². The average molecular weight is 292 g/mol. The van der Waals surface area contributed by atoms with Crippen LogP contribution >= 0.6 is 0 Å². The first-order valence-electron chi connectivity index (χ1n) is 6.47. The topological polar surface area (TPSA) is 62.6 Å². The molecule has 20 heavy (non-hydrogen) atoms. The Balaban J connectivity index is 1.96. The molecular formula is C14H16N2O3S. The van der Waals surface area contributed by atoms with E-state index in [1.165, 1.54) is 10.4 Å². The SMILES string of the molecule is CNCc1ccc(S(=O)(=O)N2CCc3ccccc32)o1. The van der Waals surface area contributed by atoms with Crippen molar-refractivity contribution in [1.29, 1.82) is 0 Å². The zero-order valence-corrected chi connectivity index (χ0v) is 12.0. The molecule has 6 heteroatoms. The van der Waals surface area contributed by atoms with Gasteiger partial charge in [0.1, 0.15) is 5.76 Å². The van der Waals surface area contributed by atoms with E-state index in [1.54, 1.807) is 13.1 Å². The first kappa shape index (κ1) is 13.2. The van der Waals surface area contributed by atoms with Crippen molar-refractivity contribution in [3.8, 4) is 0 Å². The number of para-hydroxylation sites is 1. The maximum atomic E-state index is 12.6. The number of nitrogens with zero attached hydrogens (tertiary/aromatic N) is 1. The maximum Gasteiger partial charge on any atom is 0.297 e. The second kappa shape index (κ2) is 4.96. The summed E-state index contributed by atoms with van der Waals surface area (Å²) < 4.78 is 32.1. The molecule has 0 atom stereocenters. The third-order valence-electron chi connectivity index (χ3n) is 3.38. The lowest BCUT2D eigenvalue weighted by Gasteiger charge is -2.17. The number of anilines is 1. The van der Waals surface area contributed by atoms with Gasteiger partial charge in [-0.2, -0.15) is 8.42 Å². The van der Waals surface area contributed by atoms with E-state index < -0.39 is 10.0 Å². The lowest BCUT2D eigenvalue weighted by Crippen LogP contribution is -2.28. The van der Waals surface area contributed by atoms with Crippen molar-refractivity contribution in [2.75, 3.05) is 17.9 Å². The average Bonchev–Trinajstić information content (AvgIpc) is 3.05. The number of fused-ring (bicyclic) bond motifs is 1. The Bertz CT molecular complexity index is 722. The minimum Gasteiger partial charge on any atom is -0.446 e. The van der Waals surface area contributed by atoms with Crippen molar-refractivity contribution in [2.24, 2.45) is 0 Å². The van der Waals surface area contributed by atoms with Gasteiger partial charge in [-0.3, -0.25) is 4.31 Å². The van der Waals surface area contributed by atoms with E-state index >= 15 is 0 Å². The summed E-state index contributed by atoms with van der Waals surface area (Å²) in [6.45, 7) is 0.968. The van der Waals surface area contributed by atoms with Crippen LogP contribution in [-0.2, 0) is 23.0 Å². The van der Waals surface area contributed by atoms with E-state index in [1.807, 2.05) is 24.3 Å². The molecule has 1 aromatic heterocycles. The molecule has 0 bridgehead atoms. The third-order valence-corrected chi connectivity index (χ3v) is 5.06. The molecule has 1 aliphatic heterocycles. The summed E-state index contributed by atoms with van der Waals surface area (Å²) in [4.78, 5) is 0. The molecule has 5 nitrogen and oxygen atoms in total. The summed E-state index contributed by atoms with van der Waals surface area (Å²) >= 11 is 0. The van der Waals surface area contributed by atoms with E-state index in [0.29, 0.717) is 18.8 Å². The Kier molecular flexibility index (Phi) is 3.27. The van der Waals surface area contributed by atoms with E-state index in [4.69, 9.17) is 4.42 Å². The summed E-state index contributed by atoms with van der Waals surface area (Å²) in [7, 11) is -1.83. The second-order valence-corrected chi connectivity index (χ2v) is 6.50. The zero-order valence-electron chi connectivity index (χ0n) is 11.2. The number of sulfonamides is 1. The van der Waals surface area contributed by atoms with E-state index in [9.17, 15) is 8.42 Å². The number of rotatable bonds is 4. The minimum absolute atomic E-state index is 0.000506. The highest BCUT2D eigenvalue weighted by Gasteiger charge is 2.32. The molecule has 2 heterocycles. The van der Waals surface area contributed by atoms with E-state index in [-0.39, 0.29) is 5.09 Å². The van der Waals surface area contributed by atoms with Crippen LogP contribution in [0.5, 0.6) is 0 Å². The molecule has 1 aromatic carbocycles. The summed E-state index contributed by atoms with van der Waals surface area (Å²) in [5.74, 6) is 0.610. The standard InChI is InChI=1S/C14H16N2O3S/c1-15-10-12-6-7-14(19-12)20(17,18)16-9-8-11-4-2-3-5-13(11)16/h2-7,15H,8-10H2,1H3. The van der Waals surface area contributed by atoms with Gasteiger partial charge in [-0.1, -0.05) is 18.2 Å². The highest BCUT2D eigenvalue weighted by atomic mass is 32.2. The number of nitrogens with one attached hydrogen (secondary N) is 1. The Labute approximate surface area is 118 Å². The van der Waals surface area contributed by atoms with Crippen LogP contribution in [0.25, 0.3) is 0 Å². The van der Waals surface area contributed by atoms with Gasteiger partial charge in [0, 0.05) is 6.54 Å². The first-order chi connectivity index (χ1) is 9.63. The lowest BCUT2D eigenvalue weighted by molar-refractivity contribution is 0.407. The molecule has 0 spiro atoms. The van der Waals surface area contributed by atoms with Crippen LogP contribution in [-0.4, -0.2) is 22.0 Å². The van der Waals surface area contributed by atoms with Crippen LogP contribution in [0.2, 0.25) is 0 Å². The molecule has 0 amide bonds. The minimum atomic E-state index is -3.61. The summed E-state index contributed by atoms with van der Waals surface area (Å²) in [5, 5.41) is 2.93. The quantitative estimate of drug-likeness (QED) is 0.932. The monoisotopic (exact) mass is 292 g/mol. The van der Waals surface area contributed by atoms with Crippen LogP contribution < -0.4 is 9.62 Å². The van der Waals surface area contributed by atoms with Crippen LogP contribution in [0.1, 0.15) is 11.3 Å². The Morgan fingerprint density at radius 2 is 2.05 bits per heavy atom. The molecule has 0 saturated heterocycles. The molecule has 3 rings (SSSR count). The van der Waals surface area contributed by atoms with Gasteiger partial charge in [-0.25, -0.2) is 0 Å². The van der Waals surface area contributed by atoms with Crippen LogP contribution in [0.4, 0.5) is 5.69 Å². The van der Waals surface area contributed by atoms with Gasteiger partial charge >= 0.3 is 0 Å². The van der Waals surface area contributed by atoms with Crippen LogP contribution in [0.15, 0.2) is 45.9 Å². The molecule has 2 aromatic rings. The number of benzene rings is 1. The molecule has 0 aliphatic carbocycles. The fourth-order valence-corrected chi connectivity index (χ4v) is 3.87. The molecular weight excluding hydrogens is 276 g/mol. The molecule has 1 aliphatic rings. The molecule has 0 radical (unpaired) electrons. The Hall–Kier alpha value is -1.79. The molecule has 0 saturated carbocycles. The maximum absolute atomic E-state index is 12.6. The fraction of sp³-hybridized carbons (Fsp3) is 0.286. The zero-order chi connectivity index (χ0) is 14.2. The molecule has 0 fully saturated rings. The number of hydrogen-bond acceptors (Lipinski definition) is 4. The van der Waals surface area contributed by atoms with Crippen molar-refractivity contribution in [3.05, 3.63) is 47.7 Å². The van der Waals surface area contributed by atoms with Crippen molar-refractivity contribution in [3.63, 3.8) is 0 Å². The van der Waals surface area contributed by atoms with Gasteiger partial charge in [-0.15, -0.1) is 0 Å². The first-order valence-corrected chi connectivity index (χ1v) is 7.91. The van der Waals surface area contributed by atoms with Gasteiger partial charge in [0.25, 0.3) is 10.0 Å². The van der Waals surface area contributed by atoms with Gasteiger partial charge in [0.2, 0.25) is 5.09 Å². The summed E-state index contributed by atoms with van der Waals surface area (Å²) in [6.07, 6.45) is 0.736. The van der Waals surface area contributed by atoms with Crippen molar-refractivity contribution in [1.82, 2.24) is 5.32 Å².